The van der Waals surface area contributed by atoms with Crippen LogP contribution in [0.2, 0.25) is 0 Å². The Morgan fingerprint density at radius 2 is 1.72 bits per heavy atom. The molecular weight excluding hydrogens is 495 g/mol. The zero-order valence-corrected chi connectivity index (χ0v) is 21.4. The van der Waals surface area contributed by atoms with Crippen molar-refractivity contribution in [1.29, 1.82) is 0 Å². The van der Waals surface area contributed by atoms with Gasteiger partial charge in [-0.2, -0.15) is 13.2 Å². The van der Waals surface area contributed by atoms with E-state index >= 15 is 0 Å². The summed E-state index contributed by atoms with van der Waals surface area (Å²) < 4.78 is 65.3. The summed E-state index contributed by atoms with van der Waals surface area (Å²) >= 11 is 0. The minimum absolute atomic E-state index is 0.116. The highest BCUT2D eigenvalue weighted by Gasteiger charge is 2.33. The number of alkyl halides is 3. The predicted octanol–water partition coefficient (Wildman–Crippen LogP) is 3.85. The molecule has 0 unspecified atom stereocenters. The van der Waals surface area contributed by atoms with Crippen molar-refractivity contribution in [2.24, 2.45) is 0 Å². The first-order chi connectivity index (χ1) is 16.8. The number of unbranched alkanes of at least 4 members (excludes halogenated alkanes) is 1. The second-order valence-corrected chi connectivity index (χ2v) is 10.4. The van der Waals surface area contributed by atoms with Gasteiger partial charge in [-0.1, -0.05) is 49.7 Å². The van der Waals surface area contributed by atoms with Crippen LogP contribution in [0.25, 0.3) is 0 Å². The summed E-state index contributed by atoms with van der Waals surface area (Å²) in [4.78, 5) is 27.4. The molecule has 198 valence electrons. The number of nitrogens with zero attached hydrogens (tertiary/aromatic N) is 2. The van der Waals surface area contributed by atoms with Crippen LogP contribution in [0.4, 0.5) is 18.9 Å². The molecule has 7 nitrogen and oxygen atoms in total. The van der Waals surface area contributed by atoms with Gasteiger partial charge in [0.25, 0.3) is 0 Å². The van der Waals surface area contributed by atoms with Crippen LogP contribution in [-0.4, -0.2) is 57.1 Å². The predicted molar refractivity (Wildman–Crippen MR) is 133 cm³/mol. The Balaban J connectivity index is 2.33. The van der Waals surface area contributed by atoms with E-state index in [4.69, 9.17) is 0 Å². The van der Waals surface area contributed by atoms with E-state index in [0.717, 1.165) is 36.8 Å². The minimum Gasteiger partial charge on any atom is -0.354 e. The Morgan fingerprint density at radius 3 is 2.31 bits per heavy atom. The lowest BCUT2D eigenvalue weighted by Crippen LogP contribution is -2.52. The van der Waals surface area contributed by atoms with Gasteiger partial charge in [-0.15, -0.1) is 0 Å². The molecule has 0 fully saturated rings. The topological polar surface area (TPSA) is 86.8 Å². The summed E-state index contributed by atoms with van der Waals surface area (Å²) in [7, 11) is -4.12. The van der Waals surface area contributed by atoms with E-state index in [1.54, 1.807) is 6.92 Å². The first-order valence-electron chi connectivity index (χ1n) is 11.6. The van der Waals surface area contributed by atoms with Gasteiger partial charge in [0.2, 0.25) is 21.8 Å². The normalized spacial score (nSPS) is 12.6. The fourth-order valence-electron chi connectivity index (χ4n) is 3.56. The van der Waals surface area contributed by atoms with Gasteiger partial charge in [-0.25, -0.2) is 8.42 Å². The number of nitrogens with one attached hydrogen (secondary N) is 1. The monoisotopic (exact) mass is 527 g/mol. The first kappa shape index (κ1) is 29.2. The third-order valence-electron chi connectivity index (χ3n) is 5.62. The summed E-state index contributed by atoms with van der Waals surface area (Å²) in [5.74, 6) is -1.10. The van der Waals surface area contributed by atoms with Crippen molar-refractivity contribution >= 4 is 27.5 Å². The number of halogens is 3. The van der Waals surface area contributed by atoms with Gasteiger partial charge < -0.3 is 10.2 Å². The van der Waals surface area contributed by atoms with Crippen molar-refractivity contribution in [3.63, 3.8) is 0 Å². The van der Waals surface area contributed by atoms with Gasteiger partial charge in [0.05, 0.1) is 17.5 Å². The molecule has 0 spiro atoms. The number of amides is 2. The highest BCUT2D eigenvalue weighted by Crippen LogP contribution is 2.32. The standard InChI is InChI=1S/C25H32F3N3O4S/c1-4-5-15-29-24(33)19(2)30(16-14-20-10-7-6-8-11-20)23(32)18-31(36(3,34)35)22-13-9-12-21(17-22)25(26,27)28/h6-13,17,19H,4-5,14-16,18H2,1-3H3,(H,29,33)/t19-/m1/s1. The average molecular weight is 528 g/mol. The summed E-state index contributed by atoms with van der Waals surface area (Å²) in [6.07, 6.45) is -1.84. The van der Waals surface area contributed by atoms with E-state index in [9.17, 15) is 31.2 Å². The fourth-order valence-corrected chi connectivity index (χ4v) is 4.40. The molecule has 0 saturated heterocycles. The zero-order valence-electron chi connectivity index (χ0n) is 20.6. The molecule has 2 amide bonds. The van der Waals surface area contributed by atoms with Crippen LogP contribution in [0.3, 0.4) is 0 Å². The molecule has 1 atom stereocenters. The van der Waals surface area contributed by atoms with Crippen LogP contribution in [-0.2, 0) is 32.2 Å². The lowest BCUT2D eigenvalue weighted by Gasteiger charge is -2.31. The molecule has 2 aromatic rings. The van der Waals surface area contributed by atoms with Gasteiger partial charge in [0.1, 0.15) is 12.6 Å². The maximum Gasteiger partial charge on any atom is 0.416 e. The third kappa shape index (κ3) is 8.54. The molecule has 36 heavy (non-hydrogen) atoms. The maximum absolute atomic E-state index is 13.4. The Labute approximate surface area is 210 Å². The Morgan fingerprint density at radius 1 is 1.06 bits per heavy atom. The van der Waals surface area contributed by atoms with Crippen molar-refractivity contribution in [2.75, 3.05) is 30.2 Å². The number of benzene rings is 2. The van der Waals surface area contributed by atoms with Gasteiger partial charge in [-0.05, 0) is 43.5 Å². The van der Waals surface area contributed by atoms with Crippen LogP contribution in [0.1, 0.15) is 37.8 Å². The largest absolute Gasteiger partial charge is 0.416 e. The molecule has 2 rings (SSSR count). The van der Waals surface area contributed by atoms with Crippen molar-refractivity contribution in [3.05, 3.63) is 65.7 Å². The van der Waals surface area contributed by atoms with Crippen LogP contribution >= 0.6 is 0 Å². The zero-order chi connectivity index (χ0) is 26.9. The highest BCUT2D eigenvalue weighted by molar-refractivity contribution is 7.92. The third-order valence-corrected chi connectivity index (χ3v) is 6.76. The lowest BCUT2D eigenvalue weighted by atomic mass is 10.1. The SMILES string of the molecule is CCCCNC(=O)[C@@H](C)N(CCc1ccccc1)C(=O)CN(c1cccc(C(F)(F)F)c1)S(C)(=O)=O. The smallest absolute Gasteiger partial charge is 0.354 e. The van der Waals surface area contributed by atoms with Crippen molar-refractivity contribution in [2.45, 2.75) is 45.3 Å². The average Bonchev–Trinajstić information content (AvgIpc) is 2.82. The molecule has 0 aliphatic carbocycles. The quantitative estimate of drug-likeness (QED) is 0.425. The molecule has 0 aliphatic rings. The Kier molecular flexibility index (Phi) is 10.3. The second kappa shape index (κ2) is 12.8. The molecule has 0 saturated carbocycles. The molecule has 0 heterocycles. The van der Waals surface area contributed by atoms with E-state index in [1.807, 2.05) is 37.3 Å². The number of hydrogen-bond acceptors (Lipinski definition) is 4. The van der Waals surface area contributed by atoms with Gasteiger partial charge in [0.15, 0.2) is 0 Å². The van der Waals surface area contributed by atoms with E-state index < -0.39 is 46.2 Å². The van der Waals surface area contributed by atoms with E-state index in [0.29, 0.717) is 23.3 Å². The van der Waals surface area contributed by atoms with E-state index in [-0.39, 0.29) is 12.2 Å². The van der Waals surface area contributed by atoms with Gasteiger partial charge in [0, 0.05) is 13.1 Å². The second-order valence-electron chi connectivity index (χ2n) is 8.46. The van der Waals surface area contributed by atoms with Crippen LogP contribution in [0.5, 0.6) is 0 Å². The molecule has 0 radical (unpaired) electrons. The molecule has 11 heteroatoms. The van der Waals surface area contributed by atoms with E-state index in [2.05, 4.69) is 5.32 Å². The molecule has 0 aliphatic heterocycles. The number of hydrogen-bond donors (Lipinski definition) is 1. The first-order valence-corrected chi connectivity index (χ1v) is 13.5. The van der Waals surface area contributed by atoms with E-state index in [1.165, 1.54) is 11.0 Å². The van der Waals surface area contributed by atoms with Crippen LogP contribution in [0, 0.1) is 0 Å². The van der Waals surface area contributed by atoms with Gasteiger partial charge in [-0.3, -0.25) is 13.9 Å². The Hall–Kier alpha value is -3.08. The minimum atomic E-state index is -4.68. The molecular formula is C25H32F3N3O4S. The highest BCUT2D eigenvalue weighted by atomic mass is 32.2. The number of carbonyl (C=O) groups is 2. The van der Waals surface area contributed by atoms with Crippen LogP contribution in [0.15, 0.2) is 54.6 Å². The van der Waals surface area contributed by atoms with Crippen LogP contribution < -0.4 is 9.62 Å². The number of carbonyl (C=O) groups excluding carboxylic acids is 2. The summed E-state index contributed by atoms with van der Waals surface area (Å²) in [5.41, 5.74) is -0.416. The maximum atomic E-state index is 13.4. The lowest BCUT2D eigenvalue weighted by molar-refractivity contribution is -0.138. The van der Waals surface area contributed by atoms with Crippen molar-refractivity contribution in [1.82, 2.24) is 10.2 Å². The number of sulfonamides is 1. The summed E-state index contributed by atoms with van der Waals surface area (Å²) in [6.45, 7) is 3.31. The fraction of sp³-hybridized carbons (Fsp3) is 0.440. The van der Waals surface area contributed by atoms with Crippen molar-refractivity contribution < 1.29 is 31.2 Å². The number of rotatable bonds is 12. The van der Waals surface area contributed by atoms with Crippen molar-refractivity contribution in [3.8, 4) is 0 Å². The molecule has 2 aromatic carbocycles. The number of anilines is 1. The Bertz CT molecular complexity index is 1120. The summed E-state index contributed by atoms with van der Waals surface area (Å²) in [5, 5.41) is 2.77. The molecule has 0 aromatic heterocycles. The summed E-state index contributed by atoms with van der Waals surface area (Å²) in [6, 6.07) is 12.1. The molecule has 1 N–H and O–H groups in total. The molecule has 0 bridgehead atoms. The van der Waals surface area contributed by atoms with Gasteiger partial charge >= 0.3 is 6.18 Å².